The van der Waals surface area contributed by atoms with Crippen molar-refractivity contribution in [3.05, 3.63) is 23.1 Å². The van der Waals surface area contributed by atoms with Gasteiger partial charge in [-0.1, -0.05) is 20.3 Å². The van der Waals surface area contributed by atoms with Crippen LogP contribution in [0, 0.1) is 5.92 Å². The fourth-order valence-corrected chi connectivity index (χ4v) is 1.59. The molecule has 74 valence electrons. The average Bonchev–Trinajstić information content (AvgIpc) is 2.53. The molecule has 0 aromatic carbocycles. The third-order valence-electron chi connectivity index (χ3n) is 2.54. The Bertz CT molecular complexity index is 259. The topological polar surface area (TPSA) is 39.2 Å². The van der Waals surface area contributed by atoms with Crippen LogP contribution in [0.4, 0.5) is 0 Å². The summed E-state index contributed by atoms with van der Waals surface area (Å²) in [5.74, 6) is 1.73. The molecule has 2 N–H and O–H groups in total. The molecule has 0 spiro atoms. The maximum Gasteiger partial charge on any atom is 0.193 e. The van der Waals surface area contributed by atoms with Gasteiger partial charge in [-0.15, -0.1) is 0 Å². The summed E-state index contributed by atoms with van der Waals surface area (Å²) >= 11 is 5.70. The zero-order valence-corrected chi connectivity index (χ0v) is 8.84. The van der Waals surface area contributed by atoms with Gasteiger partial charge >= 0.3 is 0 Å². The number of rotatable bonds is 4. The monoisotopic (exact) mass is 201 g/mol. The Hall–Kier alpha value is -0.470. The molecule has 2 unspecified atom stereocenters. The van der Waals surface area contributed by atoms with Crippen molar-refractivity contribution in [3.8, 4) is 0 Å². The summed E-state index contributed by atoms with van der Waals surface area (Å²) in [4.78, 5) is 0. The van der Waals surface area contributed by atoms with Gasteiger partial charge in [-0.3, -0.25) is 0 Å². The SMILES string of the molecule is CCC(C)C(CN)c1ccc(Cl)o1. The van der Waals surface area contributed by atoms with Gasteiger partial charge in [-0.05, 0) is 29.7 Å². The molecule has 3 heteroatoms. The molecule has 0 radical (unpaired) electrons. The Morgan fingerprint density at radius 1 is 1.54 bits per heavy atom. The third kappa shape index (κ3) is 2.48. The molecule has 0 saturated heterocycles. The number of nitrogens with two attached hydrogens (primary N) is 1. The van der Waals surface area contributed by atoms with Crippen molar-refractivity contribution in [1.82, 2.24) is 0 Å². The largest absolute Gasteiger partial charge is 0.449 e. The highest BCUT2D eigenvalue weighted by Crippen LogP contribution is 2.28. The van der Waals surface area contributed by atoms with Gasteiger partial charge in [0.25, 0.3) is 0 Å². The second kappa shape index (κ2) is 4.68. The first-order valence-electron chi connectivity index (χ1n) is 4.64. The molecule has 2 atom stereocenters. The van der Waals surface area contributed by atoms with Crippen LogP contribution in [-0.2, 0) is 0 Å². The highest BCUT2D eigenvalue weighted by atomic mass is 35.5. The lowest BCUT2D eigenvalue weighted by Gasteiger charge is -2.18. The first-order valence-corrected chi connectivity index (χ1v) is 5.02. The van der Waals surface area contributed by atoms with E-state index in [0.717, 1.165) is 12.2 Å². The molecule has 0 amide bonds. The normalized spacial score (nSPS) is 15.7. The number of hydrogen-bond donors (Lipinski definition) is 1. The molecule has 1 aromatic heterocycles. The second-order valence-corrected chi connectivity index (χ2v) is 3.74. The lowest BCUT2D eigenvalue weighted by atomic mass is 9.90. The summed E-state index contributed by atoms with van der Waals surface area (Å²) in [6.45, 7) is 4.94. The lowest BCUT2D eigenvalue weighted by Crippen LogP contribution is -2.18. The van der Waals surface area contributed by atoms with E-state index in [1.165, 1.54) is 0 Å². The zero-order valence-electron chi connectivity index (χ0n) is 8.09. The van der Waals surface area contributed by atoms with Crippen molar-refractivity contribution in [1.29, 1.82) is 0 Å². The predicted octanol–water partition coefficient (Wildman–Crippen LogP) is 3.02. The van der Waals surface area contributed by atoms with Crippen LogP contribution in [0.25, 0.3) is 0 Å². The molecule has 1 aromatic rings. The number of hydrogen-bond acceptors (Lipinski definition) is 2. The van der Waals surface area contributed by atoms with Gasteiger partial charge in [-0.2, -0.15) is 0 Å². The van der Waals surface area contributed by atoms with Crippen LogP contribution in [0.1, 0.15) is 31.9 Å². The van der Waals surface area contributed by atoms with E-state index in [0.29, 0.717) is 17.7 Å². The van der Waals surface area contributed by atoms with Crippen molar-refractivity contribution >= 4 is 11.6 Å². The van der Waals surface area contributed by atoms with E-state index in [9.17, 15) is 0 Å². The van der Waals surface area contributed by atoms with Crippen molar-refractivity contribution in [3.63, 3.8) is 0 Å². The van der Waals surface area contributed by atoms with Crippen molar-refractivity contribution < 1.29 is 4.42 Å². The van der Waals surface area contributed by atoms with E-state index in [-0.39, 0.29) is 5.92 Å². The predicted molar refractivity (Wildman–Crippen MR) is 55.0 cm³/mol. The van der Waals surface area contributed by atoms with Crippen LogP contribution in [0.3, 0.4) is 0 Å². The minimum atomic E-state index is 0.289. The molecule has 0 aliphatic rings. The highest BCUT2D eigenvalue weighted by Gasteiger charge is 2.19. The molecule has 1 rings (SSSR count). The number of halogens is 1. The quantitative estimate of drug-likeness (QED) is 0.814. The molecule has 0 aliphatic heterocycles. The van der Waals surface area contributed by atoms with E-state index >= 15 is 0 Å². The van der Waals surface area contributed by atoms with Crippen molar-refractivity contribution in [2.75, 3.05) is 6.54 Å². The van der Waals surface area contributed by atoms with Crippen LogP contribution >= 0.6 is 11.6 Å². The molecular formula is C10H16ClNO. The Balaban J connectivity index is 2.77. The minimum Gasteiger partial charge on any atom is -0.449 e. The summed E-state index contributed by atoms with van der Waals surface area (Å²) < 4.78 is 5.34. The van der Waals surface area contributed by atoms with Gasteiger partial charge in [0.15, 0.2) is 5.22 Å². The van der Waals surface area contributed by atoms with Crippen LogP contribution in [0.15, 0.2) is 16.5 Å². The molecule has 0 aliphatic carbocycles. The van der Waals surface area contributed by atoms with Crippen LogP contribution in [0.5, 0.6) is 0 Å². The van der Waals surface area contributed by atoms with Crippen LogP contribution < -0.4 is 5.73 Å². The Kier molecular flexibility index (Phi) is 3.82. The van der Waals surface area contributed by atoms with Gasteiger partial charge in [-0.25, -0.2) is 0 Å². The molecule has 13 heavy (non-hydrogen) atoms. The fraction of sp³-hybridized carbons (Fsp3) is 0.600. The number of furan rings is 1. The maximum absolute atomic E-state index is 5.70. The van der Waals surface area contributed by atoms with E-state index in [4.69, 9.17) is 21.8 Å². The highest BCUT2D eigenvalue weighted by molar-refractivity contribution is 6.28. The molecule has 1 heterocycles. The average molecular weight is 202 g/mol. The summed E-state index contributed by atoms with van der Waals surface area (Å²) in [7, 11) is 0. The van der Waals surface area contributed by atoms with E-state index in [2.05, 4.69) is 13.8 Å². The molecule has 0 saturated carbocycles. The summed E-state index contributed by atoms with van der Waals surface area (Å²) in [6.07, 6.45) is 1.10. The van der Waals surface area contributed by atoms with Crippen molar-refractivity contribution in [2.45, 2.75) is 26.2 Å². The Labute approximate surface area is 84.1 Å². The van der Waals surface area contributed by atoms with Gasteiger partial charge in [0.05, 0.1) is 0 Å². The Morgan fingerprint density at radius 2 is 2.23 bits per heavy atom. The van der Waals surface area contributed by atoms with Gasteiger partial charge in [0, 0.05) is 12.5 Å². The standard InChI is InChI=1S/C10H16ClNO/c1-3-7(2)8(6-12)9-4-5-10(11)13-9/h4-5,7-8H,3,6,12H2,1-2H3. The molecule has 0 fully saturated rings. The summed E-state index contributed by atoms with van der Waals surface area (Å²) in [6, 6.07) is 3.67. The van der Waals surface area contributed by atoms with Crippen LogP contribution in [0.2, 0.25) is 5.22 Å². The van der Waals surface area contributed by atoms with Crippen molar-refractivity contribution in [2.24, 2.45) is 11.7 Å². The molecular weight excluding hydrogens is 186 g/mol. The minimum absolute atomic E-state index is 0.289. The lowest BCUT2D eigenvalue weighted by molar-refractivity contribution is 0.375. The smallest absolute Gasteiger partial charge is 0.193 e. The van der Waals surface area contributed by atoms with Crippen LogP contribution in [-0.4, -0.2) is 6.54 Å². The second-order valence-electron chi connectivity index (χ2n) is 3.37. The molecule has 2 nitrogen and oxygen atoms in total. The fourth-order valence-electron chi connectivity index (χ4n) is 1.44. The van der Waals surface area contributed by atoms with E-state index in [1.54, 1.807) is 6.07 Å². The summed E-state index contributed by atoms with van der Waals surface area (Å²) in [5, 5.41) is 0.441. The van der Waals surface area contributed by atoms with Gasteiger partial charge in [0.1, 0.15) is 5.76 Å². The maximum atomic E-state index is 5.70. The zero-order chi connectivity index (χ0) is 9.84. The third-order valence-corrected chi connectivity index (χ3v) is 2.75. The van der Waals surface area contributed by atoms with Gasteiger partial charge in [0.2, 0.25) is 0 Å². The summed E-state index contributed by atoms with van der Waals surface area (Å²) in [5.41, 5.74) is 5.69. The molecule has 0 bridgehead atoms. The first-order chi connectivity index (χ1) is 6.19. The van der Waals surface area contributed by atoms with Gasteiger partial charge < -0.3 is 10.2 Å². The first kappa shape index (κ1) is 10.6. The Morgan fingerprint density at radius 3 is 2.62 bits per heavy atom. The van der Waals surface area contributed by atoms with E-state index in [1.807, 2.05) is 6.07 Å². The van der Waals surface area contributed by atoms with E-state index < -0.39 is 0 Å².